The minimum Gasteiger partial charge on any atom is -0.469 e. The van der Waals surface area contributed by atoms with E-state index < -0.39 is 53.5 Å². The molecule has 0 heterocycles. The predicted octanol–water partition coefficient (Wildman–Crippen LogP) is 15.3. The lowest BCUT2D eigenvalue weighted by Crippen LogP contribution is -2.58. The highest BCUT2D eigenvalue weighted by Crippen LogP contribution is 2.47. The fourth-order valence-electron chi connectivity index (χ4n) is 9.30. The number of aryl methyl sites for hydroxylation is 4. The van der Waals surface area contributed by atoms with E-state index in [4.69, 9.17) is 0 Å². The molecule has 0 aromatic heterocycles. The molecular formula is C64H68F12O7. The van der Waals surface area contributed by atoms with Crippen molar-refractivity contribution in [1.29, 1.82) is 0 Å². The van der Waals surface area contributed by atoms with Crippen molar-refractivity contribution >= 4 is 11.9 Å². The normalized spacial score (nSPS) is 12.2. The number of ether oxygens (including phenoxy) is 4. The topological polar surface area (TPSA) is 91.3 Å². The minimum absolute atomic E-state index is 0.0118. The van der Waals surface area contributed by atoms with Crippen LogP contribution >= 0.6 is 0 Å². The van der Waals surface area contributed by atoms with Crippen molar-refractivity contribution in [3.05, 3.63) is 140 Å². The van der Waals surface area contributed by atoms with Crippen LogP contribution in [0.5, 0.6) is 0 Å². The monoisotopic (exact) mass is 1180 g/mol. The summed E-state index contributed by atoms with van der Waals surface area (Å²) < 4.78 is 178. The maximum absolute atomic E-state index is 13.7. The molecule has 0 fully saturated rings. The van der Waals surface area contributed by atoms with Gasteiger partial charge in [0.1, 0.15) is 6.79 Å². The van der Waals surface area contributed by atoms with E-state index in [-0.39, 0.29) is 23.1 Å². The van der Waals surface area contributed by atoms with E-state index in [0.717, 1.165) is 57.5 Å². The van der Waals surface area contributed by atoms with Crippen LogP contribution in [0.1, 0.15) is 159 Å². The molecule has 450 valence electrons. The molecule has 0 saturated carbocycles. The lowest BCUT2D eigenvalue weighted by Gasteiger charge is -2.34. The third-order valence-corrected chi connectivity index (χ3v) is 14.6. The summed E-state index contributed by atoms with van der Waals surface area (Å²) in [4.78, 5) is 22.5. The van der Waals surface area contributed by atoms with E-state index in [0.29, 0.717) is 75.3 Å². The van der Waals surface area contributed by atoms with Crippen LogP contribution in [0.25, 0.3) is 0 Å². The van der Waals surface area contributed by atoms with Crippen LogP contribution in [0.4, 0.5) is 52.7 Å². The van der Waals surface area contributed by atoms with Gasteiger partial charge in [0.05, 0.1) is 14.2 Å². The number of hydrogen-bond donors (Lipinski definition) is 1. The summed E-state index contributed by atoms with van der Waals surface area (Å²) in [5.41, 5.74) is -2.75. The molecule has 4 aromatic rings. The Balaban J connectivity index is 0.000000436. The molecule has 19 heteroatoms. The van der Waals surface area contributed by atoms with Gasteiger partial charge in [-0.05, 0) is 147 Å². The zero-order chi connectivity index (χ0) is 62.8. The number of carbonyl (C=O) groups excluding carboxylic acids is 2. The van der Waals surface area contributed by atoms with Crippen molar-refractivity contribution in [2.24, 2.45) is 0 Å². The fraction of sp³-hybridized carbons (Fsp3) is 0.469. The van der Waals surface area contributed by atoms with Crippen molar-refractivity contribution in [1.82, 2.24) is 0 Å². The molecule has 0 saturated heterocycles. The second-order valence-electron chi connectivity index (χ2n) is 19.6. The van der Waals surface area contributed by atoms with E-state index in [1.807, 2.05) is 83.9 Å². The summed E-state index contributed by atoms with van der Waals surface area (Å²) in [5, 5.41) is 9.35. The molecule has 7 nitrogen and oxygen atoms in total. The molecular weight excluding hydrogens is 1110 g/mol. The van der Waals surface area contributed by atoms with Gasteiger partial charge in [0, 0.05) is 65.9 Å². The molecule has 0 spiro atoms. The Labute approximate surface area is 478 Å². The third kappa shape index (κ3) is 16.9. The fourth-order valence-corrected chi connectivity index (χ4v) is 9.30. The Kier molecular flexibility index (Phi) is 25.1. The number of hydrogen-bond acceptors (Lipinski definition) is 7. The molecule has 1 N–H and O–H groups in total. The molecule has 4 aromatic carbocycles. The first-order valence-electron chi connectivity index (χ1n) is 26.4. The number of alkyl halides is 12. The van der Waals surface area contributed by atoms with Crippen LogP contribution in [0.15, 0.2) is 72.8 Å². The molecule has 83 heavy (non-hydrogen) atoms. The Hall–Kier alpha value is -6.90. The Bertz CT molecular complexity index is 3100. The van der Waals surface area contributed by atoms with Gasteiger partial charge in [-0.15, -0.1) is 0 Å². The van der Waals surface area contributed by atoms with Crippen molar-refractivity contribution in [2.45, 2.75) is 166 Å². The van der Waals surface area contributed by atoms with E-state index in [1.165, 1.54) is 32.3 Å². The van der Waals surface area contributed by atoms with Gasteiger partial charge in [-0.1, -0.05) is 112 Å². The van der Waals surface area contributed by atoms with Gasteiger partial charge in [-0.3, -0.25) is 9.59 Å². The second kappa shape index (κ2) is 29.6. The number of benzene rings is 4. The van der Waals surface area contributed by atoms with Gasteiger partial charge in [0.25, 0.3) is 0 Å². The minimum atomic E-state index is -6.01. The summed E-state index contributed by atoms with van der Waals surface area (Å²) in [6.07, 6.45) is -18.1. The third-order valence-electron chi connectivity index (χ3n) is 14.6. The number of halogens is 12. The van der Waals surface area contributed by atoms with Crippen LogP contribution in [-0.2, 0) is 39.4 Å². The predicted molar refractivity (Wildman–Crippen MR) is 292 cm³/mol. The first-order chi connectivity index (χ1) is 38.7. The molecule has 0 amide bonds. The summed E-state index contributed by atoms with van der Waals surface area (Å²) in [6, 6.07) is 21.5. The standard InChI is InChI=1S/C33H36F6O4.C31H32F6O3/c1-7-30(8-2,27-16-14-25(23(3)20-27)12-10-9-11-13-29(40)42-6)28-17-15-26(24(4)21-28)18-19-31(32(34,35)36,33(37,38)39)43-22-41-5;1-6-28(7-2,25-15-13-23(21(3)19-25)11-9-8-10-12-27(38)40-5)26-16-14-24(22(4)20-26)17-18-29(39,30(32,33)34)31(35,36)37/h14-17,20-21H,7-9,11,13,22H2,1-6H3;13-16,19-20,39H,6-8,10,12H2,1-5H3. The molecule has 0 unspecified atom stereocenters. The second-order valence-corrected chi connectivity index (χ2v) is 19.6. The van der Waals surface area contributed by atoms with Crippen LogP contribution in [0, 0.1) is 75.1 Å². The van der Waals surface area contributed by atoms with Gasteiger partial charge >= 0.3 is 47.8 Å². The molecule has 0 atom stereocenters. The maximum Gasteiger partial charge on any atom is 0.438 e. The number of rotatable bonds is 17. The van der Waals surface area contributed by atoms with Gasteiger partial charge in [0.15, 0.2) is 0 Å². The molecule has 0 aliphatic rings. The van der Waals surface area contributed by atoms with Gasteiger partial charge in [0.2, 0.25) is 0 Å². The van der Waals surface area contributed by atoms with Crippen molar-refractivity contribution in [3.63, 3.8) is 0 Å². The van der Waals surface area contributed by atoms with Crippen molar-refractivity contribution < 1.29 is 86.3 Å². The first kappa shape index (κ1) is 70.4. The molecule has 0 aliphatic heterocycles. The lowest BCUT2D eigenvalue weighted by atomic mass is 9.69. The lowest BCUT2D eigenvalue weighted by molar-refractivity contribution is -0.368. The van der Waals surface area contributed by atoms with E-state index in [2.05, 4.69) is 48.5 Å². The molecule has 0 bridgehead atoms. The van der Waals surface area contributed by atoms with E-state index >= 15 is 0 Å². The largest absolute Gasteiger partial charge is 0.469 e. The highest BCUT2D eigenvalue weighted by molar-refractivity contribution is 5.69. The van der Waals surface area contributed by atoms with Gasteiger partial charge in [-0.2, -0.15) is 52.7 Å². The first-order valence-corrected chi connectivity index (χ1v) is 26.4. The zero-order valence-electron chi connectivity index (χ0n) is 48.1. The average molecular weight is 1180 g/mol. The Morgan fingerprint density at radius 3 is 1.01 bits per heavy atom. The zero-order valence-corrected chi connectivity index (χ0v) is 48.1. The number of esters is 2. The molecule has 4 rings (SSSR count). The average Bonchev–Trinajstić information content (AvgIpc) is 3.41. The summed E-state index contributed by atoms with van der Waals surface area (Å²) in [7, 11) is 3.60. The van der Waals surface area contributed by atoms with Crippen molar-refractivity contribution in [3.8, 4) is 47.4 Å². The summed E-state index contributed by atoms with van der Waals surface area (Å²) >= 11 is 0. The Morgan fingerprint density at radius 1 is 0.458 bits per heavy atom. The quantitative estimate of drug-likeness (QED) is 0.0370. The smallest absolute Gasteiger partial charge is 0.438 e. The Morgan fingerprint density at radius 2 is 0.759 bits per heavy atom. The summed E-state index contributed by atoms with van der Waals surface area (Å²) in [6.45, 7) is 13.8. The SMILES string of the molecule is CCC(CC)(c1ccc(C#CCCCC(=O)OC)c(C)c1)c1ccc(C#CC(O)(C(F)(F)F)C(F)(F)F)c(C)c1.CCC(CC)(c1ccc(C#CCCCC(=O)OC)c(C)c1)c1ccc(C#CC(OCOC)(C(F)(F)F)C(F)(F)F)c(C)c1. The van der Waals surface area contributed by atoms with Crippen molar-refractivity contribution in [2.75, 3.05) is 28.1 Å². The molecule has 0 radical (unpaired) electrons. The number of unbranched alkanes of at least 4 members (excludes halogenated alkanes) is 2. The maximum atomic E-state index is 13.7. The van der Waals surface area contributed by atoms with Crippen LogP contribution in [0.2, 0.25) is 0 Å². The van der Waals surface area contributed by atoms with Gasteiger partial charge in [-0.25, -0.2) is 0 Å². The van der Waals surface area contributed by atoms with E-state index in [1.54, 1.807) is 38.1 Å². The van der Waals surface area contributed by atoms with Crippen LogP contribution in [-0.4, -0.2) is 81.1 Å². The highest BCUT2D eigenvalue weighted by atomic mass is 19.4. The number of carbonyl (C=O) groups is 2. The number of aliphatic hydroxyl groups is 1. The van der Waals surface area contributed by atoms with E-state index in [9.17, 15) is 67.4 Å². The molecule has 0 aliphatic carbocycles. The summed E-state index contributed by atoms with van der Waals surface area (Å²) in [5.74, 6) is 18.2. The van der Waals surface area contributed by atoms with Crippen LogP contribution < -0.4 is 0 Å². The number of methoxy groups -OCH3 is 3. The van der Waals surface area contributed by atoms with Gasteiger partial charge < -0.3 is 24.1 Å². The van der Waals surface area contributed by atoms with Crippen LogP contribution in [0.3, 0.4) is 0 Å². The highest BCUT2D eigenvalue weighted by Gasteiger charge is 2.73.